The van der Waals surface area contributed by atoms with Gasteiger partial charge in [-0.15, -0.1) is 22.7 Å². The zero-order chi connectivity index (χ0) is 34.3. The van der Waals surface area contributed by atoms with E-state index in [-0.39, 0.29) is 47.8 Å². The molecule has 13 heteroatoms. The molecule has 4 heterocycles. The SMILES string of the molecule is [C-]#[N+]C(C)=C1C(=Nc2cc3c(s2)-c2sc(N=C4/C(=C(\C#N)[N+]#[C-])c5ccccc5S4(=O)=O)cc2C32CCCCC2)S(=O)(=O)c2ccccc21. The zero-order valence-corrected chi connectivity index (χ0v) is 29.1. The molecule has 9 nitrogen and oxygen atoms in total. The van der Waals surface area contributed by atoms with Gasteiger partial charge in [0.2, 0.25) is 19.7 Å². The second-order valence-corrected chi connectivity index (χ2v) is 17.9. The molecule has 4 aliphatic rings. The number of aliphatic imine (C=N–C) groups is 2. The second kappa shape index (κ2) is 11.0. The summed E-state index contributed by atoms with van der Waals surface area (Å²) in [6, 6.07) is 18.7. The summed E-state index contributed by atoms with van der Waals surface area (Å²) in [5, 5.41) is 10.3. The molecule has 0 unspecified atom stereocenters. The minimum Gasteiger partial charge on any atom is -0.242 e. The molecule has 240 valence electrons. The lowest BCUT2D eigenvalue weighted by Crippen LogP contribution is -2.27. The molecular formula is C36H23N5O4S4. The summed E-state index contributed by atoms with van der Waals surface area (Å²) in [5.41, 5.74) is 2.79. The monoisotopic (exact) mass is 717 g/mol. The van der Waals surface area contributed by atoms with Crippen LogP contribution in [0.15, 0.2) is 91.8 Å². The maximum absolute atomic E-state index is 13.7. The Bertz CT molecular complexity index is 2650. The van der Waals surface area contributed by atoms with Crippen LogP contribution in [0.25, 0.3) is 30.6 Å². The van der Waals surface area contributed by atoms with E-state index >= 15 is 0 Å². The number of hydrogen-bond acceptors (Lipinski definition) is 9. The Morgan fingerprint density at radius 3 is 1.76 bits per heavy atom. The minimum absolute atomic E-state index is 0.0151. The van der Waals surface area contributed by atoms with Crippen LogP contribution in [0.4, 0.5) is 10.0 Å². The first-order chi connectivity index (χ1) is 23.6. The molecule has 1 fully saturated rings. The van der Waals surface area contributed by atoms with Crippen LogP contribution < -0.4 is 0 Å². The number of rotatable bonds is 2. The number of sulfone groups is 2. The molecule has 2 aromatic carbocycles. The van der Waals surface area contributed by atoms with Crippen molar-refractivity contribution in [2.75, 3.05) is 0 Å². The van der Waals surface area contributed by atoms with Gasteiger partial charge in [0.1, 0.15) is 10.0 Å². The van der Waals surface area contributed by atoms with Crippen LogP contribution in [0.5, 0.6) is 0 Å². The van der Waals surface area contributed by atoms with E-state index in [2.05, 4.69) is 14.7 Å². The van der Waals surface area contributed by atoms with Crippen LogP contribution in [-0.4, -0.2) is 26.9 Å². The van der Waals surface area contributed by atoms with E-state index in [4.69, 9.17) is 18.1 Å². The Morgan fingerprint density at radius 2 is 1.27 bits per heavy atom. The van der Waals surface area contributed by atoms with Gasteiger partial charge in [-0.2, -0.15) is 0 Å². The minimum atomic E-state index is -4.10. The number of nitrogens with zero attached hydrogens (tertiary/aromatic N) is 5. The molecule has 0 bridgehead atoms. The van der Waals surface area contributed by atoms with E-state index < -0.39 is 19.7 Å². The quantitative estimate of drug-likeness (QED) is 0.151. The Hall–Kier alpha value is -4.97. The number of hydrogen-bond donors (Lipinski definition) is 0. The van der Waals surface area contributed by atoms with Crippen LogP contribution in [-0.2, 0) is 25.1 Å². The molecule has 2 aliphatic heterocycles. The maximum Gasteiger partial charge on any atom is 0.272 e. The van der Waals surface area contributed by atoms with Gasteiger partial charge in [0, 0.05) is 16.6 Å². The van der Waals surface area contributed by atoms with Crippen LogP contribution in [0.3, 0.4) is 0 Å². The van der Waals surface area contributed by atoms with Gasteiger partial charge in [-0.25, -0.2) is 41.8 Å². The van der Waals surface area contributed by atoms with E-state index in [1.807, 2.05) is 18.2 Å². The highest BCUT2D eigenvalue weighted by Gasteiger charge is 2.48. The highest BCUT2D eigenvalue weighted by Crippen LogP contribution is 2.63. The van der Waals surface area contributed by atoms with Crippen molar-refractivity contribution in [1.82, 2.24) is 0 Å². The molecule has 1 saturated carbocycles. The molecule has 4 aromatic rings. The summed E-state index contributed by atoms with van der Waals surface area (Å²) in [6.45, 7) is 16.8. The lowest BCUT2D eigenvalue weighted by Gasteiger charge is -2.34. The van der Waals surface area contributed by atoms with Gasteiger partial charge >= 0.3 is 0 Å². The first-order valence-corrected chi connectivity index (χ1v) is 19.9. The highest BCUT2D eigenvalue weighted by molar-refractivity contribution is 8.08. The molecule has 0 N–H and O–H groups in total. The van der Waals surface area contributed by atoms with Crippen molar-refractivity contribution in [3.63, 3.8) is 0 Å². The lowest BCUT2D eigenvalue weighted by molar-refractivity contribution is 0.353. The number of fused-ring (bicyclic) bond motifs is 7. The molecule has 2 aromatic heterocycles. The van der Waals surface area contributed by atoms with Gasteiger partial charge in [-0.3, -0.25) is 0 Å². The predicted molar refractivity (Wildman–Crippen MR) is 191 cm³/mol. The third-order valence-electron chi connectivity index (χ3n) is 9.62. The largest absolute Gasteiger partial charge is 0.272 e. The molecule has 49 heavy (non-hydrogen) atoms. The second-order valence-electron chi connectivity index (χ2n) is 12.2. The van der Waals surface area contributed by atoms with E-state index in [1.165, 1.54) is 34.8 Å². The fraction of sp³-hybridized carbons (Fsp3) is 0.194. The van der Waals surface area contributed by atoms with Gasteiger partial charge in [0.15, 0.2) is 15.8 Å². The molecule has 0 saturated heterocycles. The fourth-order valence-electron chi connectivity index (χ4n) is 7.48. The third-order valence-corrected chi connectivity index (χ3v) is 15.3. The number of nitriles is 1. The molecule has 0 radical (unpaired) electrons. The highest BCUT2D eigenvalue weighted by atomic mass is 32.2. The Morgan fingerprint density at radius 1 is 0.776 bits per heavy atom. The van der Waals surface area contributed by atoms with Crippen LogP contribution >= 0.6 is 22.7 Å². The molecule has 2 aliphatic carbocycles. The van der Waals surface area contributed by atoms with E-state index in [1.54, 1.807) is 43.3 Å². The van der Waals surface area contributed by atoms with E-state index in [9.17, 15) is 22.1 Å². The van der Waals surface area contributed by atoms with Crippen molar-refractivity contribution >= 4 is 73.6 Å². The van der Waals surface area contributed by atoms with Gasteiger partial charge < -0.3 is 0 Å². The van der Waals surface area contributed by atoms with Crippen molar-refractivity contribution in [2.45, 2.75) is 54.2 Å². The zero-order valence-electron chi connectivity index (χ0n) is 25.8. The Balaban J connectivity index is 1.30. The summed E-state index contributed by atoms with van der Waals surface area (Å²) in [7, 11) is -8.06. The van der Waals surface area contributed by atoms with Gasteiger partial charge in [-0.05, 0) is 66.3 Å². The standard InChI is InChI=1S/C36H23N5O4S4/c1-20(38-2)30-21-11-5-7-13-26(21)48(42,43)34(30)40-28-17-23-32(46-28)33-24(36(23)15-9-4-10-16-36)18-29(47-33)41-35-31(25(19-37)39-3)22-12-6-8-14-27(22)49(35,44)45/h5-8,11-14,17-18H,4,9-10,15-16H2,1H3/b30-20?,31-25+,40-34?,41-35?. The lowest BCUT2D eigenvalue weighted by atomic mass is 9.68. The average molecular weight is 718 g/mol. The normalized spacial score (nSPS) is 22.5. The first-order valence-electron chi connectivity index (χ1n) is 15.3. The van der Waals surface area contributed by atoms with Gasteiger partial charge in [0.05, 0.1) is 38.8 Å². The molecule has 0 atom stereocenters. The fourth-order valence-corrected chi connectivity index (χ4v) is 13.3. The molecule has 1 spiro atoms. The average Bonchev–Trinajstić information content (AvgIpc) is 3.87. The summed E-state index contributed by atoms with van der Waals surface area (Å²) in [6.07, 6.45) is 4.80. The van der Waals surface area contributed by atoms with Crippen molar-refractivity contribution in [2.24, 2.45) is 9.98 Å². The van der Waals surface area contributed by atoms with Crippen molar-refractivity contribution in [3.05, 3.63) is 117 Å². The smallest absolute Gasteiger partial charge is 0.242 e. The van der Waals surface area contributed by atoms with E-state index in [0.717, 1.165) is 53.0 Å². The summed E-state index contributed by atoms with van der Waals surface area (Å²) < 4.78 is 55.0. The molecular weight excluding hydrogens is 695 g/mol. The maximum atomic E-state index is 13.7. The van der Waals surface area contributed by atoms with Crippen molar-refractivity contribution in [1.29, 1.82) is 5.26 Å². The van der Waals surface area contributed by atoms with Gasteiger partial charge in [0.25, 0.3) is 5.70 Å². The number of allylic oxidation sites excluding steroid dienone is 2. The van der Waals surface area contributed by atoms with Crippen LogP contribution in [0, 0.1) is 24.5 Å². The van der Waals surface area contributed by atoms with Gasteiger partial charge in [-0.1, -0.05) is 55.7 Å². The predicted octanol–water partition coefficient (Wildman–Crippen LogP) is 8.88. The third kappa shape index (κ3) is 4.35. The van der Waals surface area contributed by atoms with Crippen LogP contribution in [0.1, 0.15) is 61.3 Å². The Kier molecular flexibility index (Phi) is 7.04. The summed E-state index contributed by atoms with van der Waals surface area (Å²) in [5.74, 6) is 0. The molecule has 8 rings (SSSR count). The number of benzene rings is 2. The topological polar surface area (TPSA) is 126 Å². The Labute approximate surface area is 291 Å². The first kappa shape index (κ1) is 31.3. The summed E-state index contributed by atoms with van der Waals surface area (Å²) in [4.78, 5) is 18.4. The van der Waals surface area contributed by atoms with Crippen LogP contribution in [0.2, 0.25) is 0 Å². The summed E-state index contributed by atoms with van der Waals surface area (Å²) >= 11 is 2.72. The van der Waals surface area contributed by atoms with E-state index in [0.29, 0.717) is 21.1 Å². The number of thiophene rings is 2. The molecule has 0 amide bonds. The van der Waals surface area contributed by atoms with Crippen molar-refractivity contribution in [3.8, 4) is 15.8 Å². The van der Waals surface area contributed by atoms with Crippen molar-refractivity contribution < 1.29 is 16.8 Å².